The number of hydrogen-bond acceptors (Lipinski definition) is 8. The van der Waals surface area contributed by atoms with Gasteiger partial charge in [0.1, 0.15) is 23.3 Å². The zero-order valence-electron chi connectivity index (χ0n) is 29.9. The van der Waals surface area contributed by atoms with Crippen molar-refractivity contribution in [3.05, 3.63) is 169 Å². The Kier molecular flexibility index (Phi) is 13.8. The first-order valence-electron chi connectivity index (χ1n) is 17.6. The monoisotopic (exact) mass is 785 g/mol. The fourth-order valence-corrected chi connectivity index (χ4v) is 6.15. The number of pyridine rings is 4. The average Bonchev–Trinajstić information content (AvgIpc) is 3.22. The summed E-state index contributed by atoms with van der Waals surface area (Å²) in [6.45, 7) is 6.15. The van der Waals surface area contributed by atoms with Gasteiger partial charge in [0.15, 0.2) is 0 Å². The fourth-order valence-electron chi connectivity index (χ4n) is 6.15. The molecule has 1 aliphatic carbocycles. The summed E-state index contributed by atoms with van der Waals surface area (Å²) in [6.07, 6.45) is 9.35. The van der Waals surface area contributed by atoms with Crippen LogP contribution in [0.3, 0.4) is 0 Å². The van der Waals surface area contributed by atoms with Crippen molar-refractivity contribution in [2.75, 3.05) is 22.9 Å². The van der Waals surface area contributed by atoms with Gasteiger partial charge in [-0.15, -0.1) is 0 Å². The maximum atomic E-state index is 8.36. The van der Waals surface area contributed by atoms with Crippen LogP contribution in [0.25, 0.3) is 21.9 Å². The third-order valence-electron chi connectivity index (χ3n) is 8.51. The zero-order chi connectivity index (χ0) is 36.1. The zero-order valence-corrected chi connectivity index (χ0v) is 31.5. The van der Waals surface area contributed by atoms with Gasteiger partial charge in [0.25, 0.3) is 0 Å². The minimum absolute atomic E-state index is 0. The van der Waals surface area contributed by atoms with Crippen molar-refractivity contribution < 1.29 is 19.5 Å². The Morgan fingerprint density at radius 3 is 1.28 bits per heavy atom. The van der Waals surface area contributed by atoms with Crippen molar-refractivity contribution in [1.82, 2.24) is 19.9 Å². The first-order chi connectivity index (χ1) is 25.6. The molecule has 9 heteroatoms. The minimum atomic E-state index is 0. The van der Waals surface area contributed by atoms with Crippen LogP contribution in [0.4, 0.5) is 23.3 Å². The van der Waals surface area contributed by atoms with E-state index in [1.165, 1.54) is 0 Å². The molecule has 0 atom stereocenters. The molecule has 4 aromatic heterocycles. The molecule has 53 heavy (non-hydrogen) atoms. The molecule has 8 nitrogen and oxygen atoms in total. The molecule has 0 aliphatic heterocycles. The Hall–Kier alpha value is -5.92. The molecule has 0 saturated carbocycles. The van der Waals surface area contributed by atoms with Gasteiger partial charge in [0.2, 0.25) is 0 Å². The predicted molar refractivity (Wildman–Crippen MR) is 215 cm³/mol. The first kappa shape index (κ1) is 38.3. The Balaban J connectivity index is 0.000000154. The van der Waals surface area contributed by atoms with E-state index in [0.717, 1.165) is 82.2 Å². The molecular weight excluding hydrogens is 743 g/mol. The molecule has 0 amide bonds. The number of rotatable bonds is 8. The summed E-state index contributed by atoms with van der Waals surface area (Å²) >= 11 is 0. The van der Waals surface area contributed by atoms with Gasteiger partial charge in [0.05, 0.1) is 11.4 Å². The van der Waals surface area contributed by atoms with Crippen LogP contribution in [0.5, 0.6) is 0 Å². The molecule has 0 spiro atoms. The molecule has 8 rings (SSSR count). The van der Waals surface area contributed by atoms with Crippen LogP contribution in [-0.2, 0) is 19.5 Å². The third kappa shape index (κ3) is 9.12. The van der Waals surface area contributed by atoms with Gasteiger partial charge in [-0.05, 0) is 83.3 Å². The van der Waals surface area contributed by atoms with Crippen LogP contribution in [0, 0.1) is 10.8 Å². The quantitative estimate of drug-likeness (QED) is 0.149. The number of nitrogens with one attached hydrogen (secondary N) is 2. The van der Waals surface area contributed by atoms with Crippen molar-refractivity contribution in [2.24, 2.45) is 0 Å². The van der Waals surface area contributed by atoms with E-state index in [1.54, 1.807) is 24.8 Å². The number of benzene rings is 3. The molecule has 0 bridgehead atoms. The van der Waals surface area contributed by atoms with Gasteiger partial charge in [-0.2, -0.15) is 0 Å². The van der Waals surface area contributed by atoms with Crippen molar-refractivity contribution in [3.63, 3.8) is 0 Å². The third-order valence-corrected chi connectivity index (χ3v) is 8.51. The van der Waals surface area contributed by atoms with Crippen molar-refractivity contribution in [2.45, 2.75) is 26.7 Å². The van der Waals surface area contributed by atoms with Crippen molar-refractivity contribution >= 4 is 45.5 Å². The summed E-state index contributed by atoms with van der Waals surface area (Å²) in [5.74, 6) is 3.79. The van der Waals surface area contributed by atoms with Crippen LogP contribution in [0.1, 0.15) is 37.8 Å². The summed E-state index contributed by atoms with van der Waals surface area (Å²) in [7, 11) is 0. The smallest absolute Gasteiger partial charge is 0.311 e. The van der Waals surface area contributed by atoms with Gasteiger partial charge in [-0.1, -0.05) is 98.8 Å². The summed E-state index contributed by atoms with van der Waals surface area (Å²) < 4.78 is 0. The van der Waals surface area contributed by atoms with E-state index in [1.807, 2.05) is 121 Å². The number of hydrogen-bond donors (Lipinski definition) is 2. The van der Waals surface area contributed by atoms with Crippen molar-refractivity contribution in [1.29, 1.82) is 10.8 Å². The normalized spacial score (nSPS) is 11.1. The van der Waals surface area contributed by atoms with E-state index in [9.17, 15) is 0 Å². The molecule has 0 saturated heterocycles. The molecule has 7 aromatic rings. The Bertz CT molecular complexity index is 2050. The van der Waals surface area contributed by atoms with Crippen LogP contribution < -0.4 is 9.80 Å². The summed E-state index contributed by atoms with van der Waals surface area (Å²) in [6, 6.07) is 43.8. The van der Waals surface area contributed by atoms with Gasteiger partial charge >= 0.3 is 19.5 Å². The van der Waals surface area contributed by atoms with Crippen LogP contribution in [0.2, 0.25) is 0 Å². The second kappa shape index (κ2) is 19.1. The molecule has 3 aromatic carbocycles. The molecule has 1 aliphatic rings. The second-order valence-electron chi connectivity index (χ2n) is 12.1. The molecule has 0 radical (unpaired) electrons. The largest absolute Gasteiger partial charge is 3.00 e. The molecular formula is C44H42N8Rh+3. The number of fused-ring (bicyclic) bond motifs is 5. The van der Waals surface area contributed by atoms with Crippen molar-refractivity contribution in [3.8, 4) is 11.1 Å². The fraction of sp³-hybridized carbons (Fsp3) is 0.136. The summed E-state index contributed by atoms with van der Waals surface area (Å²) in [5.41, 5.74) is 4.46. The van der Waals surface area contributed by atoms with E-state index >= 15 is 0 Å². The molecule has 0 fully saturated rings. The van der Waals surface area contributed by atoms with E-state index in [2.05, 4.69) is 55.7 Å². The van der Waals surface area contributed by atoms with Gasteiger partial charge in [-0.25, -0.2) is 19.9 Å². The maximum absolute atomic E-state index is 8.36. The van der Waals surface area contributed by atoms with Crippen LogP contribution in [0.15, 0.2) is 158 Å². The molecule has 264 valence electrons. The standard InChI is InChI=1S/C18H12N2.2C13H15N3.Rh/c19-17-15-8-4-3-7-13(15)14-10-9-11-5-1-2-6-12(11)16(14)18(17)20;2*1-2-11-16(12-7-3-5-9-14-12)13-8-4-6-10-15-13;/h1-10,19-20H;2*3-10H,2,11H2,1H3;/q;;;+3. The number of anilines is 4. The Morgan fingerprint density at radius 2 is 0.849 bits per heavy atom. The van der Waals surface area contributed by atoms with E-state index in [4.69, 9.17) is 10.8 Å². The van der Waals surface area contributed by atoms with Crippen LogP contribution in [-0.4, -0.2) is 44.4 Å². The van der Waals surface area contributed by atoms with E-state index in [0.29, 0.717) is 11.4 Å². The van der Waals surface area contributed by atoms with E-state index < -0.39 is 0 Å². The second-order valence-corrected chi connectivity index (χ2v) is 12.1. The summed E-state index contributed by atoms with van der Waals surface area (Å²) in [4.78, 5) is 21.7. The Labute approximate surface area is 324 Å². The maximum Gasteiger partial charge on any atom is 3.00 e. The first-order valence-corrected chi connectivity index (χ1v) is 17.6. The number of aromatic nitrogens is 4. The Morgan fingerprint density at radius 1 is 0.434 bits per heavy atom. The van der Waals surface area contributed by atoms with E-state index in [-0.39, 0.29) is 19.5 Å². The molecule has 4 heterocycles. The van der Waals surface area contributed by atoms with Gasteiger partial charge in [-0.3, -0.25) is 10.8 Å². The van der Waals surface area contributed by atoms with Gasteiger partial charge in [0, 0.05) is 49.0 Å². The summed E-state index contributed by atoms with van der Waals surface area (Å²) in [5, 5.41) is 18.8. The van der Waals surface area contributed by atoms with Gasteiger partial charge < -0.3 is 9.80 Å². The SMILES string of the molecule is CCCN(c1ccccn1)c1ccccn1.CCCN(c1ccccn1)c1ccccn1.N=C1C(=N)c2c(ccc3ccccc23)-c2ccccc21.[Rh+3]. The van der Waals surface area contributed by atoms with Crippen LogP contribution >= 0.6 is 0 Å². The predicted octanol–water partition coefficient (Wildman–Crippen LogP) is 10.3. The minimum Gasteiger partial charge on any atom is -0.311 e. The topological polar surface area (TPSA) is 106 Å². The number of nitrogens with zero attached hydrogens (tertiary/aromatic N) is 6. The molecule has 2 N–H and O–H groups in total. The molecule has 0 unspecified atom stereocenters. The average molecular weight is 786 g/mol.